The largest absolute Gasteiger partial charge is 0.496 e. The Bertz CT molecular complexity index is 1500. The number of nitrogens with one attached hydrogen (secondary N) is 2. The van der Waals surface area contributed by atoms with Gasteiger partial charge in [0.15, 0.2) is 11.0 Å². The van der Waals surface area contributed by atoms with Gasteiger partial charge in [0.25, 0.3) is 5.91 Å². The van der Waals surface area contributed by atoms with Gasteiger partial charge in [0.2, 0.25) is 5.91 Å². The van der Waals surface area contributed by atoms with Crippen molar-refractivity contribution < 1.29 is 33.4 Å². The Morgan fingerprint density at radius 1 is 1.02 bits per heavy atom. The highest BCUT2D eigenvalue weighted by molar-refractivity contribution is 7.99. The van der Waals surface area contributed by atoms with Gasteiger partial charge in [-0.05, 0) is 51.3 Å². The molecule has 14 heteroatoms. The summed E-state index contributed by atoms with van der Waals surface area (Å²) in [7, 11) is 1.52. The molecule has 0 bridgehead atoms. The molecule has 1 aliphatic rings. The molecule has 1 aliphatic carbocycles. The van der Waals surface area contributed by atoms with Crippen molar-refractivity contribution in [2.24, 2.45) is 0 Å². The molecule has 0 unspecified atom stereocenters. The molecule has 236 valence electrons. The molecule has 2 aromatic heterocycles. The first-order valence-corrected chi connectivity index (χ1v) is 16.3. The molecule has 4 rings (SSSR count). The van der Waals surface area contributed by atoms with Gasteiger partial charge in [-0.1, -0.05) is 43.2 Å². The van der Waals surface area contributed by atoms with E-state index < -0.39 is 11.9 Å². The number of thioether (sulfide) groups is 1. The third-order valence-corrected chi connectivity index (χ3v) is 9.24. The van der Waals surface area contributed by atoms with Crippen LogP contribution < -0.4 is 15.4 Å². The summed E-state index contributed by atoms with van der Waals surface area (Å²) in [5.41, 5.74) is 0.950. The summed E-state index contributed by atoms with van der Waals surface area (Å²) in [4.78, 5) is 51.5. The number of nitrogens with zero attached hydrogens (tertiary/aromatic N) is 3. The minimum absolute atomic E-state index is 0.0214. The van der Waals surface area contributed by atoms with E-state index in [9.17, 15) is 19.2 Å². The Hall–Kier alpha value is -3.91. The average molecular weight is 644 g/mol. The molecule has 2 heterocycles. The van der Waals surface area contributed by atoms with Crippen molar-refractivity contribution >= 4 is 51.9 Å². The molecule has 2 N–H and O–H groups in total. The molecule has 0 atom stereocenters. The smallest absolute Gasteiger partial charge is 0.348 e. The van der Waals surface area contributed by atoms with Crippen LogP contribution in [-0.4, -0.2) is 64.6 Å². The number of anilines is 1. The van der Waals surface area contributed by atoms with Crippen LogP contribution in [0.25, 0.3) is 0 Å². The van der Waals surface area contributed by atoms with E-state index in [-0.39, 0.29) is 58.8 Å². The highest BCUT2D eigenvalue weighted by Gasteiger charge is 2.28. The number of rotatable bonds is 13. The highest BCUT2D eigenvalue weighted by atomic mass is 32.2. The Morgan fingerprint density at radius 3 is 2.43 bits per heavy atom. The summed E-state index contributed by atoms with van der Waals surface area (Å²) in [5, 5.41) is 15.2. The van der Waals surface area contributed by atoms with Gasteiger partial charge in [0, 0.05) is 6.04 Å². The number of hydrogen-bond acceptors (Lipinski definition) is 11. The minimum Gasteiger partial charge on any atom is -0.496 e. The lowest BCUT2D eigenvalue weighted by atomic mass is 9.95. The van der Waals surface area contributed by atoms with Crippen LogP contribution in [0.2, 0.25) is 0 Å². The molecule has 12 nitrogen and oxygen atoms in total. The van der Waals surface area contributed by atoms with E-state index in [0.29, 0.717) is 27.9 Å². The summed E-state index contributed by atoms with van der Waals surface area (Å²) in [5.74, 6) is -0.825. The summed E-state index contributed by atoms with van der Waals surface area (Å²) < 4.78 is 17.6. The van der Waals surface area contributed by atoms with Crippen molar-refractivity contribution in [3.8, 4) is 5.75 Å². The second-order valence-electron chi connectivity index (χ2n) is 9.98. The van der Waals surface area contributed by atoms with E-state index in [1.807, 2.05) is 4.57 Å². The molecular weight excluding hydrogens is 606 g/mol. The van der Waals surface area contributed by atoms with Crippen LogP contribution in [0.5, 0.6) is 5.75 Å². The molecule has 0 radical (unpaired) electrons. The molecule has 2 amide bonds. The third kappa shape index (κ3) is 7.78. The topological polar surface area (TPSA) is 151 Å². The van der Waals surface area contributed by atoms with E-state index in [2.05, 4.69) is 20.8 Å². The van der Waals surface area contributed by atoms with Crippen LogP contribution >= 0.6 is 23.1 Å². The molecule has 1 aromatic carbocycles. The van der Waals surface area contributed by atoms with Gasteiger partial charge in [0.1, 0.15) is 15.6 Å². The van der Waals surface area contributed by atoms with Gasteiger partial charge in [-0.15, -0.1) is 21.5 Å². The van der Waals surface area contributed by atoms with E-state index in [1.54, 1.807) is 45.0 Å². The molecule has 1 fully saturated rings. The van der Waals surface area contributed by atoms with Gasteiger partial charge < -0.3 is 29.4 Å². The monoisotopic (exact) mass is 643 g/mol. The zero-order chi connectivity index (χ0) is 31.6. The van der Waals surface area contributed by atoms with Gasteiger partial charge in [-0.2, -0.15) is 0 Å². The fourth-order valence-electron chi connectivity index (χ4n) is 5.05. The van der Waals surface area contributed by atoms with Gasteiger partial charge in [-0.25, -0.2) is 9.59 Å². The first kappa shape index (κ1) is 33.0. The van der Waals surface area contributed by atoms with E-state index in [0.717, 1.165) is 43.4 Å². The number of hydrogen-bond donors (Lipinski definition) is 2. The number of esters is 2. The van der Waals surface area contributed by atoms with Crippen LogP contribution in [-0.2, 0) is 20.8 Å². The molecule has 0 aliphatic heterocycles. The van der Waals surface area contributed by atoms with Crippen LogP contribution in [0.1, 0.15) is 93.8 Å². The Labute approximate surface area is 264 Å². The summed E-state index contributed by atoms with van der Waals surface area (Å²) in [6, 6.07) is 7.13. The molecule has 3 aromatic rings. The predicted molar refractivity (Wildman–Crippen MR) is 167 cm³/mol. The zero-order valence-corrected chi connectivity index (χ0v) is 26.9. The zero-order valence-electron chi connectivity index (χ0n) is 25.3. The lowest BCUT2D eigenvalue weighted by Crippen LogP contribution is -2.26. The number of methoxy groups -OCH3 is 1. The van der Waals surface area contributed by atoms with Crippen molar-refractivity contribution in [1.82, 2.24) is 20.1 Å². The van der Waals surface area contributed by atoms with Gasteiger partial charge >= 0.3 is 11.9 Å². The maximum atomic E-state index is 13.1. The molecular formula is C30H37N5O7S2. The summed E-state index contributed by atoms with van der Waals surface area (Å²) >= 11 is 2.20. The van der Waals surface area contributed by atoms with E-state index in [1.165, 1.54) is 18.9 Å². The van der Waals surface area contributed by atoms with Crippen molar-refractivity contribution in [2.45, 2.75) is 70.6 Å². The lowest BCUT2D eigenvalue weighted by molar-refractivity contribution is -0.113. The number of benzene rings is 1. The molecule has 0 spiro atoms. The number of ether oxygens (including phenoxy) is 3. The third-order valence-electron chi connectivity index (χ3n) is 7.11. The maximum Gasteiger partial charge on any atom is 0.348 e. The number of carbonyl (C=O) groups excluding carboxylic acids is 4. The summed E-state index contributed by atoms with van der Waals surface area (Å²) in [6.07, 6.45) is 5.17. The maximum absolute atomic E-state index is 13.1. The number of thiophene rings is 1. The lowest BCUT2D eigenvalue weighted by Gasteiger charge is -2.25. The fraction of sp³-hybridized carbons (Fsp3) is 0.467. The van der Waals surface area contributed by atoms with Crippen LogP contribution in [0.4, 0.5) is 5.00 Å². The normalized spacial score (nSPS) is 13.3. The summed E-state index contributed by atoms with van der Waals surface area (Å²) in [6.45, 7) is 5.48. The Balaban J connectivity index is 1.50. The Morgan fingerprint density at radius 2 is 1.73 bits per heavy atom. The van der Waals surface area contributed by atoms with Crippen molar-refractivity contribution in [3.05, 3.63) is 51.7 Å². The minimum atomic E-state index is -0.628. The first-order valence-electron chi connectivity index (χ1n) is 14.5. The van der Waals surface area contributed by atoms with Crippen molar-refractivity contribution in [1.29, 1.82) is 0 Å². The standard InChI is InChI=1S/C30H37N5O7S2/c1-5-41-28(38)24-18(3)25(29(39)42-6-2)44-27(24)32-23(36)17-43-30-34-33-22(35(30)19-12-8-7-9-13-19)16-31-26(37)20-14-10-11-15-21(20)40-4/h10-11,14-15,19H,5-9,12-13,16-17H2,1-4H3,(H,31,37)(H,32,36). The van der Waals surface area contributed by atoms with E-state index >= 15 is 0 Å². The number of amides is 2. The number of carbonyl (C=O) groups is 4. The van der Waals surface area contributed by atoms with Crippen molar-refractivity contribution in [3.63, 3.8) is 0 Å². The molecule has 1 saturated carbocycles. The van der Waals surface area contributed by atoms with E-state index in [4.69, 9.17) is 14.2 Å². The first-order chi connectivity index (χ1) is 21.3. The molecule has 0 saturated heterocycles. The predicted octanol–water partition coefficient (Wildman–Crippen LogP) is 5.18. The molecule has 44 heavy (non-hydrogen) atoms. The number of para-hydroxylation sites is 1. The Kier molecular flexibility index (Phi) is 11.8. The SMILES string of the molecule is CCOC(=O)c1sc(NC(=O)CSc2nnc(CNC(=O)c3ccccc3OC)n2C2CCCCC2)c(C(=O)OCC)c1C. The average Bonchev–Trinajstić information content (AvgIpc) is 3.59. The van der Waals surface area contributed by atoms with Crippen LogP contribution in [0.3, 0.4) is 0 Å². The van der Waals surface area contributed by atoms with Gasteiger partial charge in [-0.3, -0.25) is 9.59 Å². The fourth-order valence-corrected chi connectivity index (χ4v) is 6.98. The number of aromatic nitrogens is 3. The van der Waals surface area contributed by atoms with Crippen LogP contribution in [0, 0.1) is 6.92 Å². The van der Waals surface area contributed by atoms with Crippen molar-refractivity contribution in [2.75, 3.05) is 31.4 Å². The van der Waals surface area contributed by atoms with Crippen LogP contribution in [0.15, 0.2) is 29.4 Å². The van der Waals surface area contributed by atoms with Gasteiger partial charge in [0.05, 0.1) is 43.7 Å². The second-order valence-corrected chi connectivity index (χ2v) is 11.9. The second kappa shape index (κ2) is 15.7. The quantitative estimate of drug-likeness (QED) is 0.188. The highest BCUT2D eigenvalue weighted by Crippen LogP contribution is 2.36.